The van der Waals surface area contributed by atoms with Crippen LogP contribution >= 0.6 is 0 Å². The van der Waals surface area contributed by atoms with Crippen molar-refractivity contribution in [2.75, 3.05) is 26.2 Å². The molecule has 222 valence electrons. The van der Waals surface area contributed by atoms with Crippen molar-refractivity contribution in [1.29, 1.82) is 0 Å². The molecule has 8 heteroatoms. The number of aryl methyl sites for hydroxylation is 1. The van der Waals surface area contributed by atoms with Gasteiger partial charge in [0.1, 0.15) is 11.3 Å². The second-order valence-electron chi connectivity index (χ2n) is 12.0. The maximum Gasteiger partial charge on any atom is 0.264 e. The highest BCUT2D eigenvalue weighted by atomic mass is 16.5. The summed E-state index contributed by atoms with van der Waals surface area (Å²) in [5.74, 6) is 0.0752. The van der Waals surface area contributed by atoms with E-state index in [1.807, 2.05) is 48.5 Å². The van der Waals surface area contributed by atoms with Crippen molar-refractivity contribution in [3.05, 3.63) is 76.9 Å². The van der Waals surface area contributed by atoms with Crippen LogP contribution in [0.25, 0.3) is 10.8 Å². The first-order valence-electron chi connectivity index (χ1n) is 15.0. The zero-order valence-electron chi connectivity index (χ0n) is 24.9. The van der Waals surface area contributed by atoms with E-state index in [1.165, 1.54) is 16.7 Å². The van der Waals surface area contributed by atoms with Crippen LogP contribution in [0.5, 0.6) is 5.75 Å². The molecule has 1 fully saturated rings. The van der Waals surface area contributed by atoms with Gasteiger partial charge < -0.3 is 26.0 Å². The molecule has 1 saturated heterocycles. The molecule has 0 unspecified atom stereocenters. The maximum atomic E-state index is 13.6. The maximum absolute atomic E-state index is 13.6. The first kappa shape index (κ1) is 29.6. The lowest BCUT2D eigenvalue weighted by Crippen LogP contribution is -2.66. The van der Waals surface area contributed by atoms with Crippen molar-refractivity contribution in [1.82, 2.24) is 21.3 Å². The van der Waals surface area contributed by atoms with Crippen LogP contribution in [-0.2, 0) is 33.6 Å². The number of ether oxygens (including phenoxy) is 1. The number of carbonyl (C=O) groups is 3. The van der Waals surface area contributed by atoms with Gasteiger partial charge in [0.25, 0.3) is 5.91 Å². The summed E-state index contributed by atoms with van der Waals surface area (Å²) < 4.78 is 6.32. The summed E-state index contributed by atoms with van der Waals surface area (Å²) in [7, 11) is 0. The van der Waals surface area contributed by atoms with E-state index in [9.17, 15) is 14.4 Å². The first-order valence-corrected chi connectivity index (χ1v) is 15.0. The Morgan fingerprint density at radius 1 is 0.905 bits per heavy atom. The molecule has 1 aliphatic heterocycles. The molecule has 0 spiro atoms. The van der Waals surface area contributed by atoms with E-state index in [0.717, 1.165) is 41.3 Å². The van der Waals surface area contributed by atoms with Gasteiger partial charge in [-0.3, -0.25) is 14.4 Å². The van der Waals surface area contributed by atoms with Gasteiger partial charge in [-0.2, -0.15) is 0 Å². The molecule has 0 radical (unpaired) electrons. The topological polar surface area (TPSA) is 109 Å². The summed E-state index contributed by atoms with van der Waals surface area (Å²) in [5, 5.41) is 14.4. The molecule has 8 nitrogen and oxygen atoms in total. The van der Waals surface area contributed by atoms with E-state index in [0.29, 0.717) is 32.5 Å². The van der Waals surface area contributed by atoms with Gasteiger partial charge in [-0.25, -0.2) is 0 Å². The number of rotatable bonds is 10. The second-order valence-corrected chi connectivity index (χ2v) is 12.0. The average molecular weight is 571 g/mol. The number of benzene rings is 3. The molecule has 0 saturated carbocycles. The number of piperidine rings is 1. The van der Waals surface area contributed by atoms with Crippen molar-refractivity contribution in [2.24, 2.45) is 0 Å². The average Bonchev–Trinajstić information content (AvgIpc) is 3.49. The highest BCUT2D eigenvalue weighted by Gasteiger charge is 2.44. The SMILES string of the molecule is Cc1ccc(OC(C)(C)C(=O)NC2(C(=O)NCCNC(=O)Cc3cccc4ccccc34)CCNCC2)c2c1CCC2. The summed E-state index contributed by atoms with van der Waals surface area (Å²) in [4.78, 5) is 39.8. The molecule has 5 rings (SSSR count). The number of hydrogen-bond donors (Lipinski definition) is 4. The molecule has 1 aliphatic carbocycles. The van der Waals surface area contributed by atoms with E-state index in [1.54, 1.807) is 13.8 Å². The lowest BCUT2D eigenvalue weighted by molar-refractivity contribution is -0.142. The fourth-order valence-electron chi connectivity index (χ4n) is 6.13. The predicted molar refractivity (Wildman–Crippen MR) is 165 cm³/mol. The van der Waals surface area contributed by atoms with Gasteiger partial charge in [-0.1, -0.05) is 48.5 Å². The molecular weight excluding hydrogens is 528 g/mol. The Kier molecular flexibility index (Phi) is 8.82. The Hall–Kier alpha value is -3.91. The van der Waals surface area contributed by atoms with E-state index in [-0.39, 0.29) is 30.7 Å². The van der Waals surface area contributed by atoms with Gasteiger partial charge >= 0.3 is 0 Å². The first-order chi connectivity index (χ1) is 20.2. The summed E-state index contributed by atoms with van der Waals surface area (Å²) >= 11 is 0. The van der Waals surface area contributed by atoms with Crippen molar-refractivity contribution in [2.45, 2.75) is 70.4 Å². The van der Waals surface area contributed by atoms with Crippen molar-refractivity contribution in [3.63, 3.8) is 0 Å². The third-order valence-electron chi connectivity index (χ3n) is 8.60. The van der Waals surface area contributed by atoms with E-state index in [2.05, 4.69) is 34.3 Å². The lowest BCUT2D eigenvalue weighted by Gasteiger charge is -2.39. The van der Waals surface area contributed by atoms with Crippen LogP contribution in [0.4, 0.5) is 0 Å². The monoisotopic (exact) mass is 570 g/mol. The van der Waals surface area contributed by atoms with Gasteiger partial charge in [0.05, 0.1) is 6.42 Å². The van der Waals surface area contributed by atoms with Gasteiger partial charge in [-0.15, -0.1) is 0 Å². The number of hydrogen-bond acceptors (Lipinski definition) is 5. The van der Waals surface area contributed by atoms with Gasteiger partial charge in [0, 0.05) is 13.1 Å². The van der Waals surface area contributed by atoms with Crippen molar-refractivity contribution in [3.8, 4) is 5.75 Å². The minimum absolute atomic E-state index is 0.105. The molecule has 3 amide bonds. The zero-order chi connectivity index (χ0) is 29.7. The Balaban J connectivity index is 1.17. The van der Waals surface area contributed by atoms with Crippen LogP contribution in [0.15, 0.2) is 54.6 Å². The normalized spacial score (nSPS) is 16.0. The predicted octanol–water partition coefficient (Wildman–Crippen LogP) is 3.51. The Labute approximate surface area is 248 Å². The van der Waals surface area contributed by atoms with Crippen molar-refractivity contribution >= 4 is 28.5 Å². The van der Waals surface area contributed by atoms with E-state index < -0.39 is 11.1 Å². The molecule has 0 bridgehead atoms. The molecule has 0 atom stereocenters. The standard InChI is InChI=1S/C34H42N4O4/c1-23-14-15-29(28-13-7-12-26(23)28)42-33(2,3)31(40)38-34(16-18-35-19-17-34)32(41)37-21-20-36-30(39)22-25-10-6-9-24-8-4-5-11-27(24)25/h4-6,8-11,14-15,35H,7,12-13,16-22H2,1-3H3,(H,36,39)(H,37,41)(H,38,40). The molecular formula is C34H42N4O4. The quantitative estimate of drug-likeness (QED) is 0.279. The molecule has 2 aliphatic rings. The molecule has 3 aromatic carbocycles. The number of nitrogens with one attached hydrogen (secondary N) is 4. The van der Waals surface area contributed by atoms with Crippen LogP contribution in [-0.4, -0.2) is 55.0 Å². The Bertz CT molecular complexity index is 1470. The second kappa shape index (κ2) is 12.5. The van der Waals surface area contributed by atoms with Gasteiger partial charge in [0.15, 0.2) is 5.60 Å². The van der Waals surface area contributed by atoms with Gasteiger partial charge in [0.2, 0.25) is 11.8 Å². The fourth-order valence-corrected chi connectivity index (χ4v) is 6.13. The van der Waals surface area contributed by atoms with E-state index in [4.69, 9.17) is 4.74 Å². The van der Waals surface area contributed by atoms with Crippen molar-refractivity contribution < 1.29 is 19.1 Å². The molecule has 1 heterocycles. The summed E-state index contributed by atoms with van der Waals surface area (Å²) in [6, 6.07) is 18.0. The summed E-state index contributed by atoms with van der Waals surface area (Å²) in [5.41, 5.74) is 2.51. The highest BCUT2D eigenvalue weighted by Crippen LogP contribution is 2.35. The highest BCUT2D eigenvalue weighted by molar-refractivity contribution is 5.94. The molecule has 0 aromatic heterocycles. The van der Waals surface area contributed by atoms with E-state index >= 15 is 0 Å². The van der Waals surface area contributed by atoms with Crippen LogP contribution in [0.2, 0.25) is 0 Å². The van der Waals surface area contributed by atoms with Gasteiger partial charge in [-0.05, 0) is 105 Å². The third-order valence-corrected chi connectivity index (χ3v) is 8.60. The molecule has 4 N–H and O–H groups in total. The van der Waals surface area contributed by atoms with Crippen LogP contribution in [0.3, 0.4) is 0 Å². The zero-order valence-corrected chi connectivity index (χ0v) is 24.9. The van der Waals surface area contributed by atoms with Crippen LogP contribution in [0.1, 0.15) is 55.4 Å². The summed E-state index contributed by atoms with van der Waals surface area (Å²) in [6.45, 7) is 7.40. The number of carbonyl (C=O) groups excluding carboxylic acids is 3. The Morgan fingerprint density at radius 3 is 2.43 bits per heavy atom. The lowest BCUT2D eigenvalue weighted by atomic mass is 9.86. The Morgan fingerprint density at radius 2 is 1.62 bits per heavy atom. The van der Waals surface area contributed by atoms with Crippen LogP contribution < -0.4 is 26.0 Å². The molecule has 3 aromatic rings. The third kappa shape index (κ3) is 6.44. The molecule has 42 heavy (non-hydrogen) atoms. The summed E-state index contributed by atoms with van der Waals surface area (Å²) in [6.07, 6.45) is 4.26. The fraction of sp³-hybridized carbons (Fsp3) is 0.441. The minimum atomic E-state index is -1.17. The number of fused-ring (bicyclic) bond motifs is 2. The largest absolute Gasteiger partial charge is 0.478 e. The minimum Gasteiger partial charge on any atom is -0.478 e. The smallest absolute Gasteiger partial charge is 0.264 e. The number of amides is 3. The van der Waals surface area contributed by atoms with Crippen LogP contribution in [0, 0.1) is 6.92 Å².